The molecule has 3 N–H and O–H groups in total. The predicted octanol–water partition coefficient (Wildman–Crippen LogP) is 0.0671. The van der Waals surface area contributed by atoms with Crippen LogP contribution in [0.15, 0.2) is 24.3 Å². The molecule has 0 unspecified atom stereocenters. The summed E-state index contributed by atoms with van der Waals surface area (Å²) in [4.78, 5) is 23.0. The molecule has 0 aliphatic carbocycles. The van der Waals surface area contributed by atoms with Crippen molar-refractivity contribution >= 4 is 11.9 Å². The number of nitrogens with two attached hydrogens (primary N) is 1. The lowest BCUT2D eigenvalue weighted by Crippen LogP contribution is -2.36. The van der Waals surface area contributed by atoms with Gasteiger partial charge >= 0.3 is 5.97 Å². The summed E-state index contributed by atoms with van der Waals surface area (Å²) in [6.45, 7) is 0.0343. The van der Waals surface area contributed by atoms with Crippen LogP contribution in [0.4, 0.5) is 0 Å². The first kappa shape index (κ1) is 14.0. The molecule has 0 atom stereocenters. The molecule has 18 heavy (non-hydrogen) atoms. The second kappa shape index (κ2) is 6.61. The quantitative estimate of drug-likeness (QED) is 0.716. The third-order valence-corrected chi connectivity index (χ3v) is 2.30. The molecule has 1 amide bonds. The number of methoxy groups -OCH3 is 1. The lowest BCUT2D eigenvalue weighted by molar-refractivity contribution is -0.138. The van der Waals surface area contributed by atoms with Crippen molar-refractivity contribution in [3.8, 4) is 5.75 Å². The van der Waals surface area contributed by atoms with E-state index in [1.54, 1.807) is 19.2 Å². The molecule has 0 saturated carbocycles. The summed E-state index contributed by atoms with van der Waals surface area (Å²) in [5, 5.41) is 8.74. The van der Waals surface area contributed by atoms with Crippen LogP contribution in [0.1, 0.15) is 5.56 Å². The Morgan fingerprint density at radius 3 is 2.33 bits per heavy atom. The molecule has 0 radical (unpaired) electrons. The Balaban J connectivity index is 2.68. The molecule has 0 saturated heterocycles. The van der Waals surface area contributed by atoms with Crippen LogP contribution < -0.4 is 10.5 Å². The maximum atomic E-state index is 10.8. The smallest absolute Gasteiger partial charge is 0.317 e. The number of carboxylic acid groups (broad SMARTS) is 1. The summed E-state index contributed by atoms with van der Waals surface area (Å²) in [5.41, 5.74) is 5.96. The van der Waals surface area contributed by atoms with Gasteiger partial charge in [-0.15, -0.1) is 0 Å². The largest absolute Gasteiger partial charge is 0.497 e. The van der Waals surface area contributed by atoms with Crippen LogP contribution in [-0.2, 0) is 16.1 Å². The highest BCUT2D eigenvalue weighted by Crippen LogP contribution is 2.12. The molecule has 98 valence electrons. The van der Waals surface area contributed by atoms with Gasteiger partial charge in [0, 0.05) is 6.54 Å². The van der Waals surface area contributed by atoms with Crippen LogP contribution in [-0.4, -0.2) is 42.1 Å². The number of ether oxygens (including phenoxy) is 1. The third-order valence-electron chi connectivity index (χ3n) is 2.30. The van der Waals surface area contributed by atoms with E-state index < -0.39 is 11.9 Å². The van der Waals surface area contributed by atoms with Crippen molar-refractivity contribution < 1.29 is 19.4 Å². The van der Waals surface area contributed by atoms with E-state index in [1.165, 1.54) is 4.90 Å². The second-order valence-electron chi connectivity index (χ2n) is 3.85. The fourth-order valence-electron chi connectivity index (χ4n) is 1.57. The van der Waals surface area contributed by atoms with E-state index in [1.807, 2.05) is 12.1 Å². The van der Waals surface area contributed by atoms with E-state index in [0.29, 0.717) is 6.54 Å². The van der Waals surface area contributed by atoms with Crippen molar-refractivity contribution in [2.75, 3.05) is 20.2 Å². The number of carbonyl (C=O) groups excluding carboxylic acids is 1. The summed E-state index contributed by atoms with van der Waals surface area (Å²) in [6.07, 6.45) is 0. The molecule has 0 bridgehead atoms. The van der Waals surface area contributed by atoms with Gasteiger partial charge < -0.3 is 15.6 Å². The number of carboxylic acids is 1. The molecule has 6 heteroatoms. The summed E-state index contributed by atoms with van der Waals surface area (Å²) in [7, 11) is 1.57. The average Bonchev–Trinajstić information content (AvgIpc) is 2.28. The van der Waals surface area contributed by atoms with Gasteiger partial charge in [-0.2, -0.15) is 0 Å². The fourth-order valence-corrected chi connectivity index (χ4v) is 1.57. The van der Waals surface area contributed by atoms with Crippen molar-refractivity contribution in [1.29, 1.82) is 0 Å². The second-order valence-corrected chi connectivity index (χ2v) is 3.85. The highest BCUT2D eigenvalue weighted by molar-refractivity contribution is 5.77. The van der Waals surface area contributed by atoms with Crippen molar-refractivity contribution in [2.45, 2.75) is 6.54 Å². The van der Waals surface area contributed by atoms with E-state index in [9.17, 15) is 9.59 Å². The van der Waals surface area contributed by atoms with E-state index in [-0.39, 0.29) is 13.1 Å². The van der Waals surface area contributed by atoms with Crippen LogP contribution in [0.25, 0.3) is 0 Å². The SMILES string of the molecule is COc1ccc(CN(CC(N)=O)CC(=O)O)cc1. The highest BCUT2D eigenvalue weighted by atomic mass is 16.5. The van der Waals surface area contributed by atoms with Gasteiger partial charge in [-0.1, -0.05) is 12.1 Å². The van der Waals surface area contributed by atoms with E-state index in [2.05, 4.69) is 0 Å². The van der Waals surface area contributed by atoms with Gasteiger partial charge in [0.25, 0.3) is 0 Å². The zero-order valence-electron chi connectivity index (χ0n) is 10.1. The van der Waals surface area contributed by atoms with E-state index in [0.717, 1.165) is 11.3 Å². The van der Waals surface area contributed by atoms with Gasteiger partial charge in [0.2, 0.25) is 5.91 Å². The summed E-state index contributed by atoms with van der Waals surface area (Å²) in [5.74, 6) is -0.826. The number of hydrogen-bond acceptors (Lipinski definition) is 4. The van der Waals surface area contributed by atoms with Crippen LogP contribution >= 0.6 is 0 Å². The fraction of sp³-hybridized carbons (Fsp3) is 0.333. The Bertz CT molecular complexity index is 401. The minimum Gasteiger partial charge on any atom is -0.497 e. The van der Waals surface area contributed by atoms with E-state index in [4.69, 9.17) is 15.6 Å². The average molecular weight is 252 g/mol. The lowest BCUT2D eigenvalue weighted by Gasteiger charge is -2.18. The standard InChI is InChI=1S/C12H16N2O4/c1-18-10-4-2-9(3-5-10)6-14(7-11(13)15)8-12(16)17/h2-5H,6-8H2,1H3,(H2,13,15)(H,16,17). The maximum absolute atomic E-state index is 10.8. The Kier molecular flexibility index (Phi) is 5.13. The first-order valence-electron chi connectivity index (χ1n) is 5.36. The highest BCUT2D eigenvalue weighted by Gasteiger charge is 2.12. The molecule has 1 aromatic rings. The monoisotopic (exact) mass is 252 g/mol. The van der Waals surface area contributed by atoms with Crippen LogP contribution in [0.2, 0.25) is 0 Å². The molecular weight excluding hydrogens is 236 g/mol. The van der Waals surface area contributed by atoms with Gasteiger partial charge in [-0.05, 0) is 17.7 Å². The molecule has 1 rings (SSSR count). The van der Waals surface area contributed by atoms with Crippen molar-refractivity contribution in [3.05, 3.63) is 29.8 Å². The molecule has 0 aromatic heterocycles. The Morgan fingerprint density at radius 2 is 1.89 bits per heavy atom. The van der Waals surface area contributed by atoms with Gasteiger partial charge in [0.05, 0.1) is 20.2 Å². The lowest BCUT2D eigenvalue weighted by atomic mass is 10.2. The number of rotatable bonds is 7. The molecule has 0 aliphatic heterocycles. The minimum absolute atomic E-state index is 0.0850. The Labute approximate surface area is 105 Å². The number of benzene rings is 1. The Hall–Kier alpha value is -2.08. The van der Waals surface area contributed by atoms with Gasteiger partial charge in [0.15, 0.2) is 0 Å². The molecule has 0 aliphatic rings. The molecule has 0 fully saturated rings. The van der Waals surface area contributed by atoms with Gasteiger partial charge in [-0.25, -0.2) is 0 Å². The zero-order valence-corrected chi connectivity index (χ0v) is 10.1. The van der Waals surface area contributed by atoms with Gasteiger partial charge in [-0.3, -0.25) is 14.5 Å². The first-order valence-corrected chi connectivity index (χ1v) is 5.36. The number of amides is 1. The first-order chi connectivity index (χ1) is 8.51. The van der Waals surface area contributed by atoms with Crippen LogP contribution in [0.3, 0.4) is 0 Å². The summed E-state index contributed by atoms with van der Waals surface area (Å²) < 4.78 is 5.02. The van der Waals surface area contributed by atoms with Crippen molar-refractivity contribution in [3.63, 3.8) is 0 Å². The number of primary amides is 1. The molecular formula is C12H16N2O4. The van der Waals surface area contributed by atoms with E-state index >= 15 is 0 Å². The topological polar surface area (TPSA) is 92.9 Å². The number of aliphatic carboxylic acids is 1. The zero-order chi connectivity index (χ0) is 13.5. The Morgan fingerprint density at radius 1 is 1.28 bits per heavy atom. The van der Waals surface area contributed by atoms with Crippen molar-refractivity contribution in [2.24, 2.45) is 5.73 Å². The number of hydrogen-bond donors (Lipinski definition) is 2. The number of nitrogens with zero attached hydrogens (tertiary/aromatic N) is 1. The predicted molar refractivity (Wildman–Crippen MR) is 65.1 cm³/mol. The molecule has 1 aromatic carbocycles. The minimum atomic E-state index is -0.996. The van der Waals surface area contributed by atoms with Crippen LogP contribution in [0, 0.1) is 0 Å². The maximum Gasteiger partial charge on any atom is 0.317 e. The summed E-state index contributed by atoms with van der Waals surface area (Å²) >= 11 is 0. The van der Waals surface area contributed by atoms with Crippen molar-refractivity contribution in [1.82, 2.24) is 4.90 Å². The number of carbonyl (C=O) groups is 2. The molecule has 0 heterocycles. The normalized spacial score (nSPS) is 10.3. The van der Waals surface area contributed by atoms with Crippen LogP contribution in [0.5, 0.6) is 5.75 Å². The van der Waals surface area contributed by atoms with Gasteiger partial charge in [0.1, 0.15) is 5.75 Å². The third kappa shape index (κ3) is 4.84. The summed E-state index contributed by atoms with van der Waals surface area (Å²) in [6, 6.07) is 7.18. The molecule has 6 nitrogen and oxygen atoms in total. The molecule has 0 spiro atoms.